The van der Waals surface area contributed by atoms with Crippen molar-refractivity contribution in [1.29, 1.82) is 0 Å². The topological polar surface area (TPSA) is 71.5 Å². The molecule has 0 spiro atoms. The van der Waals surface area contributed by atoms with Gasteiger partial charge >= 0.3 is 0 Å². The Kier molecular flexibility index (Phi) is 7.26. The average molecular weight is 520 g/mol. The summed E-state index contributed by atoms with van der Waals surface area (Å²) in [6.07, 6.45) is 2.82. The predicted molar refractivity (Wildman–Crippen MR) is 137 cm³/mol. The van der Waals surface area contributed by atoms with E-state index < -0.39 is 11.6 Å². The van der Waals surface area contributed by atoms with Crippen LogP contribution in [0.2, 0.25) is 0 Å². The zero-order valence-electron chi connectivity index (χ0n) is 20.3. The number of aromatic nitrogens is 1. The second-order valence-electron chi connectivity index (χ2n) is 9.14. The number of carbonyl (C=O) groups excluding carboxylic acids is 2. The van der Waals surface area contributed by atoms with Gasteiger partial charge in [0.1, 0.15) is 17.1 Å². The van der Waals surface area contributed by atoms with Crippen molar-refractivity contribution in [1.82, 2.24) is 9.88 Å². The summed E-state index contributed by atoms with van der Waals surface area (Å²) in [6, 6.07) is 17.0. The van der Waals surface area contributed by atoms with Crippen molar-refractivity contribution < 1.29 is 27.5 Å². The number of amides is 2. The van der Waals surface area contributed by atoms with E-state index in [1.165, 1.54) is 42.6 Å². The normalized spacial score (nSPS) is 13.9. The number of carbonyl (C=O) groups is 2. The molecule has 0 saturated carbocycles. The molecule has 1 aromatic heterocycles. The molecule has 1 fully saturated rings. The highest BCUT2D eigenvalue weighted by molar-refractivity contribution is 5.97. The van der Waals surface area contributed by atoms with Crippen LogP contribution in [0.3, 0.4) is 0 Å². The van der Waals surface area contributed by atoms with Crippen LogP contribution >= 0.6 is 0 Å². The van der Waals surface area contributed by atoms with E-state index in [2.05, 4.69) is 10.3 Å². The molecule has 1 aliphatic rings. The molecule has 194 valence electrons. The highest BCUT2D eigenvalue weighted by atomic mass is 19.2. The molecule has 0 aliphatic carbocycles. The number of pyridine rings is 1. The van der Waals surface area contributed by atoms with Crippen LogP contribution in [0.1, 0.15) is 34.7 Å². The second-order valence-corrected chi connectivity index (χ2v) is 9.14. The van der Waals surface area contributed by atoms with Gasteiger partial charge in [0.25, 0.3) is 11.8 Å². The molecule has 1 N–H and O–H groups in total. The van der Waals surface area contributed by atoms with Gasteiger partial charge in [-0.2, -0.15) is 0 Å². The monoisotopic (exact) mass is 519 g/mol. The Morgan fingerprint density at radius 3 is 2.37 bits per heavy atom. The standard InChI is InChI=1S/C29H24F3N3O3/c30-22-4-8-24(9-5-22)38-17-26(36)34-23-6-1-18(2-7-23)19-11-13-35(14-12-19)29(37)21-15-20-3-10-25(31)27(32)28(20)33-16-21/h1-10,15-16,19H,11-14,17H2,(H,34,36). The number of halogens is 3. The highest BCUT2D eigenvalue weighted by Gasteiger charge is 2.25. The third-order valence-corrected chi connectivity index (χ3v) is 6.62. The van der Waals surface area contributed by atoms with E-state index in [-0.39, 0.29) is 35.7 Å². The van der Waals surface area contributed by atoms with Gasteiger partial charge in [-0.15, -0.1) is 0 Å². The van der Waals surface area contributed by atoms with Gasteiger partial charge in [0.05, 0.1) is 5.56 Å². The lowest BCUT2D eigenvalue weighted by molar-refractivity contribution is -0.118. The predicted octanol–water partition coefficient (Wildman–Crippen LogP) is 5.69. The van der Waals surface area contributed by atoms with Gasteiger partial charge in [0, 0.05) is 30.4 Å². The Hall–Kier alpha value is -4.40. The van der Waals surface area contributed by atoms with Crippen molar-refractivity contribution in [3.63, 3.8) is 0 Å². The molecule has 0 unspecified atom stereocenters. The van der Waals surface area contributed by atoms with Crippen LogP contribution in [-0.2, 0) is 4.79 Å². The van der Waals surface area contributed by atoms with Crippen LogP contribution in [0.5, 0.6) is 5.75 Å². The lowest BCUT2D eigenvalue weighted by atomic mass is 9.89. The first-order valence-electron chi connectivity index (χ1n) is 12.2. The summed E-state index contributed by atoms with van der Waals surface area (Å²) >= 11 is 0. The number of hydrogen-bond acceptors (Lipinski definition) is 4. The number of nitrogens with zero attached hydrogens (tertiary/aromatic N) is 2. The van der Waals surface area contributed by atoms with Crippen molar-refractivity contribution in [2.75, 3.05) is 25.0 Å². The fourth-order valence-corrected chi connectivity index (χ4v) is 4.57. The largest absolute Gasteiger partial charge is 0.484 e. The summed E-state index contributed by atoms with van der Waals surface area (Å²) in [5, 5.41) is 3.15. The number of nitrogens with one attached hydrogen (secondary N) is 1. The Morgan fingerprint density at radius 1 is 0.947 bits per heavy atom. The first kappa shape index (κ1) is 25.3. The van der Waals surface area contributed by atoms with Gasteiger partial charge < -0.3 is 15.0 Å². The molecule has 5 rings (SSSR count). The van der Waals surface area contributed by atoms with Crippen LogP contribution in [0.15, 0.2) is 72.9 Å². The summed E-state index contributed by atoms with van der Waals surface area (Å²) in [4.78, 5) is 30.9. The fourth-order valence-electron chi connectivity index (χ4n) is 4.57. The maximum atomic E-state index is 13.9. The minimum absolute atomic E-state index is 0.0969. The molecule has 0 radical (unpaired) electrons. The maximum absolute atomic E-state index is 13.9. The van der Waals surface area contributed by atoms with Crippen LogP contribution < -0.4 is 10.1 Å². The Balaban J connectivity index is 1.13. The number of benzene rings is 3. The van der Waals surface area contributed by atoms with Gasteiger partial charge in [-0.25, -0.2) is 13.2 Å². The molecular weight excluding hydrogens is 495 g/mol. The number of ether oxygens (including phenoxy) is 1. The summed E-state index contributed by atoms with van der Waals surface area (Å²) in [6.45, 7) is 0.912. The lowest BCUT2D eigenvalue weighted by Gasteiger charge is -2.32. The summed E-state index contributed by atoms with van der Waals surface area (Å²) in [5.74, 6) is -2.23. The van der Waals surface area contributed by atoms with Crippen LogP contribution in [0.4, 0.5) is 18.9 Å². The minimum atomic E-state index is -1.02. The van der Waals surface area contributed by atoms with Crippen LogP contribution in [0.25, 0.3) is 10.9 Å². The van der Waals surface area contributed by atoms with Crippen molar-refractivity contribution in [2.45, 2.75) is 18.8 Å². The number of anilines is 1. The smallest absolute Gasteiger partial charge is 0.262 e. The minimum Gasteiger partial charge on any atom is -0.484 e. The first-order valence-corrected chi connectivity index (χ1v) is 12.2. The van der Waals surface area contributed by atoms with E-state index in [1.54, 1.807) is 4.90 Å². The molecule has 9 heteroatoms. The van der Waals surface area contributed by atoms with Gasteiger partial charge in [-0.1, -0.05) is 12.1 Å². The SMILES string of the molecule is O=C(COc1ccc(F)cc1)Nc1ccc(C2CCN(C(=O)c3cnc4c(F)c(F)ccc4c3)CC2)cc1. The summed E-state index contributed by atoms with van der Waals surface area (Å²) < 4.78 is 45.7. The van der Waals surface area contributed by atoms with Gasteiger partial charge in [-0.3, -0.25) is 14.6 Å². The zero-order valence-corrected chi connectivity index (χ0v) is 20.3. The van der Waals surface area contributed by atoms with E-state index >= 15 is 0 Å². The van der Waals surface area contributed by atoms with Crippen molar-refractivity contribution >= 4 is 28.4 Å². The van der Waals surface area contributed by atoms with E-state index in [4.69, 9.17) is 4.74 Å². The van der Waals surface area contributed by atoms with Crippen LogP contribution in [-0.4, -0.2) is 41.4 Å². The van der Waals surface area contributed by atoms with E-state index in [0.717, 1.165) is 24.5 Å². The molecule has 0 bridgehead atoms. The second kappa shape index (κ2) is 10.9. The molecule has 2 heterocycles. The molecule has 1 aliphatic heterocycles. The molecule has 38 heavy (non-hydrogen) atoms. The number of hydrogen-bond donors (Lipinski definition) is 1. The number of rotatable bonds is 6. The molecule has 2 amide bonds. The number of fused-ring (bicyclic) bond motifs is 1. The van der Waals surface area contributed by atoms with Gasteiger partial charge in [0.15, 0.2) is 18.2 Å². The summed E-state index contributed by atoms with van der Waals surface area (Å²) in [7, 11) is 0. The lowest BCUT2D eigenvalue weighted by Crippen LogP contribution is -2.38. The third kappa shape index (κ3) is 5.61. The van der Waals surface area contributed by atoms with Gasteiger partial charge in [-0.05, 0) is 78.9 Å². The molecule has 3 aromatic carbocycles. The Labute approximate surface area is 217 Å². The molecule has 4 aromatic rings. The Morgan fingerprint density at radius 2 is 1.66 bits per heavy atom. The van der Waals surface area contributed by atoms with E-state index in [1.807, 2.05) is 24.3 Å². The quantitative estimate of drug-likeness (QED) is 0.355. The zero-order chi connectivity index (χ0) is 26.6. The fraction of sp³-hybridized carbons (Fsp3) is 0.207. The molecule has 1 saturated heterocycles. The van der Waals surface area contributed by atoms with E-state index in [9.17, 15) is 22.8 Å². The first-order chi connectivity index (χ1) is 18.4. The number of piperidine rings is 1. The van der Waals surface area contributed by atoms with Gasteiger partial charge in [0.2, 0.25) is 0 Å². The molecule has 0 atom stereocenters. The summed E-state index contributed by atoms with van der Waals surface area (Å²) in [5.41, 5.74) is 1.99. The van der Waals surface area contributed by atoms with Crippen molar-refractivity contribution in [3.8, 4) is 5.75 Å². The number of likely N-dealkylation sites (tertiary alicyclic amines) is 1. The highest BCUT2D eigenvalue weighted by Crippen LogP contribution is 2.30. The van der Waals surface area contributed by atoms with Crippen LogP contribution in [0, 0.1) is 17.5 Å². The van der Waals surface area contributed by atoms with Crippen molar-refractivity contribution in [3.05, 3.63) is 102 Å². The third-order valence-electron chi connectivity index (χ3n) is 6.62. The molecule has 6 nitrogen and oxygen atoms in total. The average Bonchev–Trinajstić information content (AvgIpc) is 2.95. The van der Waals surface area contributed by atoms with E-state index in [0.29, 0.717) is 35.5 Å². The maximum Gasteiger partial charge on any atom is 0.262 e. The molecular formula is C29H24F3N3O3. The van der Waals surface area contributed by atoms with Crippen molar-refractivity contribution in [2.24, 2.45) is 0 Å². The Bertz CT molecular complexity index is 1470.